The smallest absolute Gasteiger partial charge is 0.236 e. The molecule has 0 aliphatic heterocycles. The van der Waals surface area contributed by atoms with Gasteiger partial charge in [-0.15, -0.1) is 5.10 Å². The van der Waals surface area contributed by atoms with E-state index in [1.54, 1.807) is 6.07 Å². The summed E-state index contributed by atoms with van der Waals surface area (Å²) in [5.74, 6) is -1.12. The summed E-state index contributed by atoms with van der Waals surface area (Å²) in [6.07, 6.45) is -2.26. The molecule has 2 heterocycles. The fraction of sp³-hybridized carbons (Fsp3) is 0.125. The lowest BCUT2D eigenvalue weighted by Crippen LogP contribution is -2.09. The van der Waals surface area contributed by atoms with Gasteiger partial charge in [-0.05, 0) is 12.1 Å². The molecule has 4 nitrogen and oxygen atoms in total. The molecular weight excluding hydrogens is 245 g/mol. The number of alkyl halides is 3. The lowest BCUT2D eigenvalue weighted by Gasteiger charge is -2.01. The topological polar surface area (TPSA) is 43.6 Å². The van der Waals surface area contributed by atoms with E-state index in [-0.39, 0.29) is 10.8 Å². The summed E-state index contributed by atoms with van der Waals surface area (Å²) in [5, 5.41) is 3.44. The van der Waals surface area contributed by atoms with Crippen molar-refractivity contribution in [1.29, 1.82) is 0 Å². The average molecular weight is 249 g/mol. The van der Waals surface area contributed by atoms with Crippen LogP contribution in [0.3, 0.4) is 0 Å². The largest absolute Gasteiger partial charge is 0.453 e. The van der Waals surface area contributed by atoms with Crippen LogP contribution in [0.4, 0.5) is 13.2 Å². The Balaban J connectivity index is 2.44. The Morgan fingerprint density at radius 1 is 1.25 bits per heavy atom. The molecule has 16 heavy (non-hydrogen) atoms. The van der Waals surface area contributed by atoms with Crippen molar-refractivity contribution in [3.63, 3.8) is 0 Å². The van der Waals surface area contributed by atoms with Crippen molar-refractivity contribution < 1.29 is 13.2 Å². The molecular formula is C8H4ClF3N4. The Morgan fingerprint density at radius 2 is 2.00 bits per heavy atom. The highest BCUT2D eigenvalue weighted by molar-refractivity contribution is 6.32. The molecule has 0 aromatic carbocycles. The Hall–Kier alpha value is -1.63. The predicted molar refractivity (Wildman–Crippen MR) is 49.2 cm³/mol. The molecule has 2 aromatic rings. The molecule has 0 aliphatic rings. The monoisotopic (exact) mass is 248 g/mol. The molecule has 0 aliphatic carbocycles. The maximum atomic E-state index is 12.2. The van der Waals surface area contributed by atoms with E-state index in [1.807, 2.05) is 0 Å². The van der Waals surface area contributed by atoms with Crippen molar-refractivity contribution in [3.8, 4) is 5.82 Å². The second kappa shape index (κ2) is 3.75. The van der Waals surface area contributed by atoms with E-state index >= 15 is 0 Å². The molecule has 2 rings (SSSR count). The van der Waals surface area contributed by atoms with Crippen molar-refractivity contribution in [1.82, 2.24) is 19.7 Å². The normalized spacial score (nSPS) is 11.8. The molecule has 0 spiro atoms. The zero-order valence-electron chi connectivity index (χ0n) is 7.61. The molecule has 0 atom stereocenters. The molecule has 0 unspecified atom stereocenters. The fourth-order valence-corrected chi connectivity index (χ4v) is 1.25. The molecule has 0 saturated carbocycles. The minimum Gasteiger partial charge on any atom is -0.236 e. The van der Waals surface area contributed by atoms with E-state index in [0.29, 0.717) is 0 Å². The number of halogens is 4. The van der Waals surface area contributed by atoms with Crippen LogP contribution < -0.4 is 0 Å². The van der Waals surface area contributed by atoms with Crippen LogP contribution in [0.15, 0.2) is 24.7 Å². The summed E-state index contributed by atoms with van der Waals surface area (Å²) in [7, 11) is 0. The first kappa shape index (κ1) is 10.9. The maximum absolute atomic E-state index is 12.2. The number of nitrogens with zero attached hydrogens (tertiary/aromatic N) is 4. The van der Waals surface area contributed by atoms with Gasteiger partial charge >= 0.3 is 6.18 Å². The van der Waals surface area contributed by atoms with E-state index in [1.165, 1.54) is 12.3 Å². The minimum absolute atomic E-state index is 0.104. The first-order valence-electron chi connectivity index (χ1n) is 4.08. The maximum Gasteiger partial charge on any atom is 0.453 e. The minimum atomic E-state index is -4.58. The third kappa shape index (κ3) is 1.99. The summed E-state index contributed by atoms with van der Waals surface area (Å²) < 4.78 is 37.6. The number of hydrogen-bond acceptors (Lipinski definition) is 3. The Kier molecular flexibility index (Phi) is 2.55. The molecule has 0 saturated heterocycles. The molecule has 0 amide bonds. The van der Waals surface area contributed by atoms with E-state index in [0.717, 1.165) is 11.0 Å². The van der Waals surface area contributed by atoms with E-state index < -0.39 is 12.0 Å². The lowest BCUT2D eigenvalue weighted by molar-refractivity contribution is -0.144. The van der Waals surface area contributed by atoms with Crippen LogP contribution >= 0.6 is 11.6 Å². The highest BCUT2D eigenvalue weighted by Crippen LogP contribution is 2.26. The first-order chi connectivity index (χ1) is 7.48. The standard InChI is InChI=1S/C8H4ClF3N4/c9-5-2-1-3-13-6(5)16-4-14-7(15-16)8(10,11)12/h1-4H. The molecule has 0 bridgehead atoms. The second-order valence-electron chi connectivity index (χ2n) is 2.82. The number of hydrogen-bond donors (Lipinski definition) is 0. The van der Waals surface area contributed by atoms with Gasteiger partial charge in [-0.1, -0.05) is 11.6 Å². The fourth-order valence-electron chi connectivity index (χ4n) is 1.04. The molecule has 2 aromatic heterocycles. The zero-order chi connectivity index (χ0) is 11.8. The number of rotatable bonds is 1. The van der Waals surface area contributed by atoms with Gasteiger partial charge in [-0.25, -0.2) is 14.6 Å². The summed E-state index contributed by atoms with van der Waals surface area (Å²) in [6, 6.07) is 3.06. The highest BCUT2D eigenvalue weighted by atomic mass is 35.5. The van der Waals surface area contributed by atoms with Crippen LogP contribution in [0, 0.1) is 0 Å². The Bertz CT molecular complexity index is 508. The molecule has 0 radical (unpaired) electrons. The van der Waals surface area contributed by atoms with Crippen LogP contribution in [-0.2, 0) is 6.18 Å². The van der Waals surface area contributed by atoms with Crippen LogP contribution in [0.2, 0.25) is 5.02 Å². The Labute approximate surface area is 92.7 Å². The highest BCUT2D eigenvalue weighted by Gasteiger charge is 2.36. The van der Waals surface area contributed by atoms with Crippen molar-refractivity contribution in [3.05, 3.63) is 35.5 Å². The molecule has 84 valence electrons. The van der Waals surface area contributed by atoms with Crippen molar-refractivity contribution >= 4 is 11.6 Å². The van der Waals surface area contributed by atoms with Gasteiger partial charge in [-0.3, -0.25) is 0 Å². The molecule has 0 N–H and O–H groups in total. The lowest BCUT2D eigenvalue weighted by atomic mass is 10.5. The van der Waals surface area contributed by atoms with Crippen LogP contribution in [0.25, 0.3) is 5.82 Å². The van der Waals surface area contributed by atoms with Gasteiger partial charge in [-0.2, -0.15) is 13.2 Å². The van der Waals surface area contributed by atoms with Gasteiger partial charge in [0.1, 0.15) is 6.33 Å². The van der Waals surface area contributed by atoms with E-state index in [9.17, 15) is 13.2 Å². The quantitative estimate of drug-likeness (QED) is 0.778. The number of aromatic nitrogens is 4. The predicted octanol–water partition coefficient (Wildman–Crippen LogP) is 2.33. The third-order valence-corrected chi connectivity index (χ3v) is 2.00. The second-order valence-corrected chi connectivity index (χ2v) is 3.23. The van der Waals surface area contributed by atoms with Gasteiger partial charge in [0, 0.05) is 6.20 Å². The van der Waals surface area contributed by atoms with Crippen molar-refractivity contribution in [2.24, 2.45) is 0 Å². The third-order valence-electron chi connectivity index (χ3n) is 1.70. The van der Waals surface area contributed by atoms with Gasteiger partial charge in [0.25, 0.3) is 5.82 Å². The van der Waals surface area contributed by atoms with Gasteiger partial charge < -0.3 is 0 Å². The van der Waals surface area contributed by atoms with Crippen LogP contribution in [0.1, 0.15) is 5.82 Å². The van der Waals surface area contributed by atoms with Crippen LogP contribution in [-0.4, -0.2) is 19.7 Å². The summed E-state index contributed by atoms with van der Waals surface area (Å²) in [4.78, 5) is 6.94. The molecule has 0 fully saturated rings. The van der Waals surface area contributed by atoms with E-state index in [2.05, 4.69) is 15.1 Å². The SMILES string of the molecule is FC(F)(F)c1ncn(-c2ncccc2Cl)n1. The number of pyridine rings is 1. The zero-order valence-corrected chi connectivity index (χ0v) is 8.37. The van der Waals surface area contributed by atoms with E-state index in [4.69, 9.17) is 11.6 Å². The van der Waals surface area contributed by atoms with Crippen LogP contribution in [0.5, 0.6) is 0 Å². The summed E-state index contributed by atoms with van der Waals surface area (Å²) >= 11 is 5.75. The summed E-state index contributed by atoms with van der Waals surface area (Å²) in [5.41, 5.74) is 0. The average Bonchev–Trinajstić information content (AvgIpc) is 2.66. The van der Waals surface area contributed by atoms with Gasteiger partial charge in [0.2, 0.25) is 0 Å². The van der Waals surface area contributed by atoms with Gasteiger partial charge in [0.15, 0.2) is 5.82 Å². The van der Waals surface area contributed by atoms with Gasteiger partial charge in [0.05, 0.1) is 5.02 Å². The summed E-state index contributed by atoms with van der Waals surface area (Å²) in [6.45, 7) is 0. The first-order valence-corrected chi connectivity index (χ1v) is 4.46. The van der Waals surface area contributed by atoms with Crippen molar-refractivity contribution in [2.75, 3.05) is 0 Å². The molecule has 8 heteroatoms. The van der Waals surface area contributed by atoms with Crippen molar-refractivity contribution in [2.45, 2.75) is 6.18 Å². The Morgan fingerprint density at radius 3 is 2.56 bits per heavy atom.